The molecule has 0 atom stereocenters. The van der Waals surface area contributed by atoms with E-state index in [0.717, 1.165) is 6.26 Å². The van der Waals surface area contributed by atoms with Crippen LogP contribution in [-0.2, 0) is 14.3 Å². The fourth-order valence-electron chi connectivity index (χ4n) is 1.60. The van der Waals surface area contributed by atoms with Crippen LogP contribution in [0.5, 0.6) is 0 Å². The monoisotopic (exact) mass is 257 g/mol. The molecular formula is C9H17F2NO3S. The second-order valence-electron chi connectivity index (χ2n) is 4.08. The molecule has 16 heavy (non-hydrogen) atoms. The molecule has 0 unspecified atom stereocenters. The van der Waals surface area contributed by atoms with Crippen molar-refractivity contribution in [1.29, 1.82) is 0 Å². The Bertz CT molecular complexity index is 309. The lowest BCUT2D eigenvalue weighted by Gasteiger charge is -2.31. The van der Waals surface area contributed by atoms with Gasteiger partial charge < -0.3 is 4.90 Å². The van der Waals surface area contributed by atoms with E-state index in [9.17, 15) is 17.2 Å². The zero-order valence-corrected chi connectivity index (χ0v) is 10.1. The van der Waals surface area contributed by atoms with E-state index >= 15 is 0 Å². The van der Waals surface area contributed by atoms with Gasteiger partial charge in [-0.05, 0) is 6.42 Å². The van der Waals surface area contributed by atoms with Crippen molar-refractivity contribution >= 4 is 10.1 Å². The molecule has 0 aromatic rings. The maximum absolute atomic E-state index is 12.8. The van der Waals surface area contributed by atoms with Crippen LogP contribution in [0.2, 0.25) is 0 Å². The van der Waals surface area contributed by atoms with Crippen LogP contribution in [0.3, 0.4) is 0 Å². The molecule has 1 aliphatic rings. The Hall–Kier alpha value is -0.270. The molecule has 0 radical (unpaired) electrons. The van der Waals surface area contributed by atoms with E-state index in [4.69, 9.17) is 0 Å². The van der Waals surface area contributed by atoms with Crippen LogP contribution in [0.4, 0.5) is 8.78 Å². The molecule has 96 valence electrons. The van der Waals surface area contributed by atoms with Gasteiger partial charge in [-0.1, -0.05) is 0 Å². The minimum Gasteiger partial charge on any atom is -0.303 e. The van der Waals surface area contributed by atoms with Gasteiger partial charge in [-0.3, -0.25) is 4.18 Å². The zero-order valence-electron chi connectivity index (χ0n) is 9.29. The number of rotatable bonds is 5. The van der Waals surface area contributed by atoms with E-state index in [0.29, 0.717) is 26.1 Å². The summed E-state index contributed by atoms with van der Waals surface area (Å²) in [6, 6.07) is 0. The van der Waals surface area contributed by atoms with Crippen molar-refractivity contribution in [2.75, 3.05) is 32.5 Å². The lowest BCUT2D eigenvalue weighted by atomic mass is 10.1. The van der Waals surface area contributed by atoms with Gasteiger partial charge in [-0.15, -0.1) is 0 Å². The van der Waals surface area contributed by atoms with Crippen LogP contribution in [0.1, 0.15) is 19.3 Å². The lowest BCUT2D eigenvalue weighted by molar-refractivity contribution is -0.0554. The molecule has 0 N–H and O–H groups in total. The Morgan fingerprint density at radius 1 is 1.31 bits per heavy atom. The number of hydrogen-bond acceptors (Lipinski definition) is 4. The van der Waals surface area contributed by atoms with Gasteiger partial charge in [0.05, 0.1) is 12.9 Å². The third-order valence-electron chi connectivity index (χ3n) is 2.50. The molecule has 7 heteroatoms. The highest BCUT2D eigenvalue weighted by Crippen LogP contribution is 2.27. The summed E-state index contributed by atoms with van der Waals surface area (Å²) in [5.74, 6) is -2.53. The Balaban J connectivity index is 2.11. The standard InChI is InChI=1S/C9H17F2NO3S/c1-16(13,14)15-8-2-5-12-6-3-9(10,11)4-7-12/h2-8H2,1H3. The topological polar surface area (TPSA) is 46.6 Å². The third-order valence-corrected chi connectivity index (χ3v) is 3.10. The molecular weight excluding hydrogens is 240 g/mol. The largest absolute Gasteiger partial charge is 0.303 e. The van der Waals surface area contributed by atoms with Crippen LogP contribution in [-0.4, -0.2) is 51.7 Å². The van der Waals surface area contributed by atoms with Gasteiger partial charge >= 0.3 is 0 Å². The van der Waals surface area contributed by atoms with Gasteiger partial charge in [0.15, 0.2) is 0 Å². The average molecular weight is 257 g/mol. The number of alkyl halides is 2. The predicted molar refractivity (Wildman–Crippen MR) is 56.0 cm³/mol. The first-order chi connectivity index (χ1) is 7.29. The van der Waals surface area contributed by atoms with E-state index in [1.165, 1.54) is 0 Å². The van der Waals surface area contributed by atoms with Crippen molar-refractivity contribution in [3.63, 3.8) is 0 Å². The van der Waals surface area contributed by atoms with Gasteiger partial charge in [0.25, 0.3) is 16.0 Å². The van der Waals surface area contributed by atoms with Crippen LogP contribution < -0.4 is 0 Å². The van der Waals surface area contributed by atoms with Crippen LogP contribution in [0.15, 0.2) is 0 Å². The Labute approximate surface area is 94.7 Å². The van der Waals surface area contributed by atoms with Gasteiger partial charge in [0.1, 0.15) is 0 Å². The maximum Gasteiger partial charge on any atom is 0.264 e. The summed E-state index contributed by atoms with van der Waals surface area (Å²) in [4.78, 5) is 1.91. The summed E-state index contributed by atoms with van der Waals surface area (Å²) in [6.07, 6.45) is 1.31. The molecule has 0 aliphatic carbocycles. The number of hydrogen-bond donors (Lipinski definition) is 0. The Kier molecular flexibility index (Phi) is 4.63. The molecule has 0 aromatic carbocycles. The van der Waals surface area contributed by atoms with Gasteiger partial charge in [0, 0.05) is 32.5 Å². The van der Waals surface area contributed by atoms with Gasteiger partial charge in [0.2, 0.25) is 0 Å². The number of likely N-dealkylation sites (tertiary alicyclic amines) is 1. The maximum atomic E-state index is 12.8. The second kappa shape index (κ2) is 5.37. The molecule has 1 rings (SSSR count). The summed E-state index contributed by atoms with van der Waals surface area (Å²) in [5.41, 5.74) is 0. The normalized spacial score (nSPS) is 22.2. The Morgan fingerprint density at radius 3 is 2.38 bits per heavy atom. The lowest BCUT2D eigenvalue weighted by Crippen LogP contribution is -2.40. The molecule has 0 amide bonds. The summed E-state index contributed by atoms with van der Waals surface area (Å²) in [5, 5.41) is 0. The quantitative estimate of drug-likeness (QED) is 0.546. The van der Waals surface area contributed by atoms with Crippen molar-refractivity contribution in [1.82, 2.24) is 4.90 Å². The average Bonchev–Trinajstić information content (AvgIpc) is 2.13. The molecule has 1 saturated heterocycles. The molecule has 1 heterocycles. The van der Waals surface area contributed by atoms with E-state index in [1.54, 1.807) is 0 Å². The summed E-state index contributed by atoms with van der Waals surface area (Å²) < 4.78 is 51.4. The molecule has 1 aliphatic heterocycles. The summed E-state index contributed by atoms with van der Waals surface area (Å²) >= 11 is 0. The van der Waals surface area contributed by atoms with Crippen LogP contribution in [0.25, 0.3) is 0 Å². The highest BCUT2D eigenvalue weighted by atomic mass is 32.2. The minimum absolute atomic E-state index is 0.111. The first kappa shape index (κ1) is 13.8. The van der Waals surface area contributed by atoms with Gasteiger partial charge in [-0.2, -0.15) is 8.42 Å². The summed E-state index contributed by atoms with van der Waals surface area (Å²) in [7, 11) is -3.38. The molecule has 0 bridgehead atoms. The van der Waals surface area contributed by atoms with Crippen LogP contribution >= 0.6 is 0 Å². The molecule has 0 aromatic heterocycles. The van der Waals surface area contributed by atoms with E-state index in [1.807, 2.05) is 4.90 Å². The van der Waals surface area contributed by atoms with Crippen molar-refractivity contribution in [2.45, 2.75) is 25.2 Å². The first-order valence-electron chi connectivity index (χ1n) is 5.23. The number of piperidine rings is 1. The third kappa shape index (κ3) is 5.72. The minimum atomic E-state index is -3.38. The van der Waals surface area contributed by atoms with Crippen molar-refractivity contribution in [2.24, 2.45) is 0 Å². The van der Waals surface area contributed by atoms with Crippen molar-refractivity contribution < 1.29 is 21.4 Å². The molecule has 4 nitrogen and oxygen atoms in total. The smallest absolute Gasteiger partial charge is 0.264 e. The fraction of sp³-hybridized carbons (Fsp3) is 1.00. The summed E-state index contributed by atoms with van der Waals surface area (Å²) in [6.45, 7) is 1.45. The highest BCUT2D eigenvalue weighted by molar-refractivity contribution is 7.85. The SMILES string of the molecule is CS(=O)(=O)OCCCN1CCC(F)(F)CC1. The van der Waals surface area contributed by atoms with E-state index < -0.39 is 16.0 Å². The van der Waals surface area contributed by atoms with Crippen molar-refractivity contribution in [3.8, 4) is 0 Å². The number of halogens is 2. The predicted octanol–water partition coefficient (Wildman–Crippen LogP) is 1.08. The van der Waals surface area contributed by atoms with Crippen LogP contribution in [0, 0.1) is 0 Å². The Morgan fingerprint density at radius 2 is 1.88 bits per heavy atom. The van der Waals surface area contributed by atoms with E-state index in [2.05, 4.69) is 4.18 Å². The first-order valence-corrected chi connectivity index (χ1v) is 7.05. The second-order valence-corrected chi connectivity index (χ2v) is 5.72. The highest BCUT2D eigenvalue weighted by Gasteiger charge is 2.33. The van der Waals surface area contributed by atoms with E-state index in [-0.39, 0.29) is 19.4 Å². The fourth-order valence-corrected chi connectivity index (χ4v) is 2.02. The number of nitrogens with zero attached hydrogens (tertiary/aromatic N) is 1. The molecule has 1 fully saturated rings. The van der Waals surface area contributed by atoms with Crippen molar-refractivity contribution in [3.05, 3.63) is 0 Å². The molecule has 0 spiro atoms. The van der Waals surface area contributed by atoms with Gasteiger partial charge in [-0.25, -0.2) is 8.78 Å². The molecule has 0 saturated carbocycles. The zero-order chi connectivity index (χ0) is 12.2.